The maximum Gasteiger partial charge on any atom is 0.230 e. The predicted octanol–water partition coefficient (Wildman–Crippen LogP) is 4.85. The van der Waals surface area contributed by atoms with Gasteiger partial charge in [-0.3, -0.25) is 4.79 Å². The number of hydrogen-bond acceptors (Lipinski definition) is 1. The van der Waals surface area contributed by atoms with E-state index in [1.165, 1.54) is 11.1 Å². The number of amides is 1. The fourth-order valence-corrected chi connectivity index (χ4v) is 2.98. The van der Waals surface area contributed by atoms with Crippen molar-refractivity contribution in [3.63, 3.8) is 0 Å². The number of hydrogen-bond donors (Lipinski definition) is 0. The maximum atomic E-state index is 12.9. The Bertz CT molecular complexity index is 718. The molecule has 0 atom stereocenters. The van der Waals surface area contributed by atoms with Crippen LogP contribution in [0.25, 0.3) is 0 Å². The molecule has 0 aliphatic rings. The number of rotatable bonds is 7. The summed E-state index contributed by atoms with van der Waals surface area (Å²) in [4.78, 5) is 14.8. The first kappa shape index (κ1) is 19.6. The van der Waals surface area contributed by atoms with Crippen LogP contribution in [-0.4, -0.2) is 27.3 Å². The summed E-state index contributed by atoms with van der Waals surface area (Å²) in [5.74, 6) is 0.417. The third-order valence-electron chi connectivity index (χ3n) is 4.49. The molecule has 3 nitrogen and oxygen atoms in total. The van der Waals surface area contributed by atoms with E-state index >= 15 is 0 Å². The highest BCUT2D eigenvalue weighted by Gasteiger charge is 2.32. The average Bonchev–Trinajstić information content (AvgIpc) is 2.98. The minimum atomic E-state index is -0.556. The molecule has 0 fully saturated rings. The van der Waals surface area contributed by atoms with Crippen LogP contribution < -0.4 is 0 Å². The highest BCUT2D eigenvalue weighted by Crippen LogP contribution is 2.24. The van der Waals surface area contributed by atoms with Gasteiger partial charge in [-0.05, 0) is 52.3 Å². The zero-order valence-corrected chi connectivity index (χ0v) is 16.7. The number of aromatic nitrogens is 1. The molecule has 136 valence electrons. The van der Waals surface area contributed by atoms with Gasteiger partial charge in [0, 0.05) is 30.4 Å². The van der Waals surface area contributed by atoms with Gasteiger partial charge in [0.25, 0.3) is 0 Å². The van der Waals surface area contributed by atoms with Gasteiger partial charge in [0.15, 0.2) is 0 Å². The molecule has 0 radical (unpaired) electrons. The number of aryl methyl sites for hydroxylation is 1. The van der Waals surface area contributed by atoms with Crippen LogP contribution in [0.15, 0.2) is 42.6 Å². The molecule has 0 aliphatic carbocycles. The molecule has 0 saturated heterocycles. The summed E-state index contributed by atoms with van der Waals surface area (Å²) in [6, 6.07) is 12.8. The van der Waals surface area contributed by atoms with Crippen molar-refractivity contribution in [1.82, 2.24) is 9.47 Å². The monoisotopic (exact) mass is 360 g/mol. The zero-order valence-electron chi connectivity index (χ0n) is 15.9. The topological polar surface area (TPSA) is 25.2 Å². The van der Waals surface area contributed by atoms with E-state index in [1.54, 1.807) is 0 Å². The lowest BCUT2D eigenvalue weighted by molar-refractivity contribution is -0.141. The summed E-state index contributed by atoms with van der Waals surface area (Å²) < 4.78 is 2.21. The third-order valence-corrected chi connectivity index (χ3v) is 5.16. The molecular weight excluding hydrogens is 332 g/mol. The van der Waals surface area contributed by atoms with Crippen LogP contribution in [0.4, 0.5) is 0 Å². The molecule has 2 aromatic rings. The van der Waals surface area contributed by atoms with Crippen LogP contribution in [0.2, 0.25) is 0 Å². The number of carbonyl (C=O) groups is 1. The molecule has 2 rings (SSSR count). The second-order valence-corrected chi connectivity index (χ2v) is 7.93. The Morgan fingerprint density at radius 2 is 1.96 bits per heavy atom. The Balaban J connectivity index is 2.21. The Labute approximate surface area is 156 Å². The van der Waals surface area contributed by atoms with Gasteiger partial charge in [-0.25, -0.2) is 0 Å². The normalized spacial score (nSPS) is 11.8. The molecule has 1 heterocycles. The first-order valence-electron chi connectivity index (χ1n) is 8.81. The van der Waals surface area contributed by atoms with Crippen molar-refractivity contribution in [2.45, 2.75) is 53.8 Å². The standard InChI is InChI=1S/C21H29ClN2O/c1-16(2)24(20(25)21(4,5)15-22)14-19-10-7-11-23(19)13-18-9-6-8-17(3)12-18/h6-12,16H,13-15H2,1-5H3. The van der Waals surface area contributed by atoms with Crippen molar-refractivity contribution >= 4 is 17.5 Å². The van der Waals surface area contributed by atoms with Crippen molar-refractivity contribution < 1.29 is 4.79 Å². The minimum absolute atomic E-state index is 0.0980. The molecule has 0 unspecified atom stereocenters. The van der Waals surface area contributed by atoms with Crippen LogP contribution in [-0.2, 0) is 17.9 Å². The lowest BCUT2D eigenvalue weighted by Gasteiger charge is -2.34. The quantitative estimate of drug-likeness (QED) is 0.648. The SMILES string of the molecule is Cc1cccc(Cn2cccc2CN(C(=O)C(C)(C)CCl)C(C)C)c1. The molecule has 1 aromatic carbocycles. The van der Waals surface area contributed by atoms with E-state index in [9.17, 15) is 4.79 Å². The summed E-state index contributed by atoms with van der Waals surface area (Å²) in [5.41, 5.74) is 3.10. The van der Waals surface area contributed by atoms with Gasteiger partial charge in [0.2, 0.25) is 5.91 Å². The van der Waals surface area contributed by atoms with Crippen molar-refractivity contribution in [2.75, 3.05) is 5.88 Å². The fourth-order valence-electron chi connectivity index (χ4n) is 2.86. The molecule has 25 heavy (non-hydrogen) atoms. The van der Waals surface area contributed by atoms with Crippen LogP contribution in [0, 0.1) is 12.3 Å². The van der Waals surface area contributed by atoms with E-state index in [-0.39, 0.29) is 11.9 Å². The molecular formula is C21H29ClN2O. The first-order chi connectivity index (χ1) is 11.7. The van der Waals surface area contributed by atoms with Crippen LogP contribution in [0.5, 0.6) is 0 Å². The van der Waals surface area contributed by atoms with Gasteiger partial charge in [-0.2, -0.15) is 0 Å². The van der Waals surface area contributed by atoms with Gasteiger partial charge in [0.1, 0.15) is 0 Å². The Hall–Kier alpha value is -1.74. The predicted molar refractivity (Wildman–Crippen MR) is 105 cm³/mol. The number of carbonyl (C=O) groups excluding carboxylic acids is 1. The second kappa shape index (κ2) is 8.09. The molecule has 0 aliphatic heterocycles. The smallest absolute Gasteiger partial charge is 0.230 e. The molecule has 4 heteroatoms. The first-order valence-corrected chi connectivity index (χ1v) is 9.34. The van der Waals surface area contributed by atoms with Gasteiger partial charge >= 0.3 is 0 Å². The van der Waals surface area contributed by atoms with Gasteiger partial charge < -0.3 is 9.47 Å². The summed E-state index contributed by atoms with van der Waals surface area (Å²) in [6.45, 7) is 11.4. The lowest BCUT2D eigenvalue weighted by atomic mass is 9.93. The van der Waals surface area contributed by atoms with Gasteiger partial charge in [-0.15, -0.1) is 11.6 Å². The minimum Gasteiger partial charge on any atom is -0.345 e. The van der Waals surface area contributed by atoms with Crippen LogP contribution in [0.3, 0.4) is 0 Å². The molecule has 0 N–H and O–H groups in total. The van der Waals surface area contributed by atoms with Crippen molar-refractivity contribution in [1.29, 1.82) is 0 Å². The Morgan fingerprint density at radius 1 is 1.24 bits per heavy atom. The highest BCUT2D eigenvalue weighted by atomic mass is 35.5. The number of halogens is 1. The number of benzene rings is 1. The Morgan fingerprint density at radius 3 is 2.56 bits per heavy atom. The molecule has 0 spiro atoms. The van der Waals surface area contributed by atoms with Crippen molar-refractivity contribution in [3.05, 3.63) is 59.4 Å². The van der Waals surface area contributed by atoms with E-state index in [0.29, 0.717) is 12.4 Å². The summed E-state index contributed by atoms with van der Waals surface area (Å²) in [5, 5.41) is 0. The maximum absolute atomic E-state index is 12.9. The lowest BCUT2D eigenvalue weighted by Crippen LogP contribution is -2.45. The third kappa shape index (κ3) is 4.88. The van der Waals surface area contributed by atoms with Crippen molar-refractivity contribution in [3.8, 4) is 0 Å². The van der Waals surface area contributed by atoms with E-state index < -0.39 is 5.41 Å². The van der Waals surface area contributed by atoms with Crippen molar-refractivity contribution in [2.24, 2.45) is 5.41 Å². The zero-order chi connectivity index (χ0) is 18.6. The van der Waals surface area contributed by atoms with Crippen LogP contribution >= 0.6 is 11.6 Å². The summed E-state index contributed by atoms with van der Waals surface area (Å²) in [7, 11) is 0. The molecule has 0 bridgehead atoms. The van der Waals surface area contributed by atoms with E-state index in [0.717, 1.165) is 12.2 Å². The largest absolute Gasteiger partial charge is 0.345 e. The summed E-state index contributed by atoms with van der Waals surface area (Å²) in [6.07, 6.45) is 2.08. The van der Waals surface area contributed by atoms with E-state index in [4.69, 9.17) is 11.6 Å². The molecule has 0 saturated carbocycles. The second-order valence-electron chi connectivity index (χ2n) is 7.66. The molecule has 1 amide bonds. The van der Waals surface area contributed by atoms with Gasteiger partial charge in [-0.1, -0.05) is 29.8 Å². The molecule has 1 aromatic heterocycles. The summed E-state index contributed by atoms with van der Waals surface area (Å²) >= 11 is 6.02. The fraction of sp³-hybridized carbons (Fsp3) is 0.476. The van der Waals surface area contributed by atoms with Gasteiger partial charge in [0.05, 0.1) is 12.0 Å². The van der Waals surface area contributed by atoms with Crippen LogP contribution in [0.1, 0.15) is 44.5 Å². The Kier molecular flexibility index (Phi) is 6.34. The number of alkyl halides is 1. The number of nitrogens with zero attached hydrogens (tertiary/aromatic N) is 2. The average molecular weight is 361 g/mol. The van der Waals surface area contributed by atoms with E-state index in [1.807, 2.05) is 24.8 Å². The van der Waals surface area contributed by atoms with E-state index in [2.05, 4.69) is 61.9 Å². The highest BCUT2D eigenvalue weighted by molar-refractivity contribution is 6.19.